The van der Waals surface area contributed by atoms with Crippen LogP contribution in [0.25, 0.3) is 0 Å². The molecule has 0 aliphatic carbocycles. The first-order valence-corrected chi connectivity index (χ1v) is 4.77. The Balaban J connectivity index is 2.67. The van der Waals surface area contributed by atoms with Crippen LogP contribution in [0.2, 0.25) is 0 Å². The summed E-state index contributed by atoms with van der Waals surface area (Å²) in [5, 5.41) is 6.74. The first kappa shape index (κ1) is 12.0. The Labute approximate surface area is 86.3 Å². The van der Waals surface area contributed by atoms with E-state index in [1.54, 1.807) is 0 Å². The van der Waals surface area contributed by atoms with E-state index in [1.807, 2.05) is 13.8 Å². The highest BCUT2D eigenvalue weighted by atomic mass is 19.4. The van der Waals surface area contributed by atoms with Crippen molar-refractivity contribution in [2.24, 2.45) is 0 Å². The molecule has 1 aromatic rings. The molecule has 0 aromatic carbocycles. The maximum absolute atomic E-state index is 12.2. The largest absolute Gasteiger partial charge is 0.419 e. The summed E-state index contributed by atoms with van der Waals surface area (Å²) < 4.78 is 38.1. The average Bonchev–Trinajstić information content (AvgIpc) is 2.62. The third kappa shape index (κ3) is 3.23. The SMILES string of the molecule is CCNCC(C)n1cc(C(F)(F)F)cn1. The first-order valence-electron chi connectivity index (χ1n) is 4.77. The van der Waals surface area contributed by atoms with Gasteiger partial charge in [0.05, 0.1) is 17.8 Å². The van der Waals surface area contributed by atoms with Crippen molar-refractivity contribution in [3.63, 3.8) is 0 Å². The molecule has 1 atom stereocenters. The van der Waals surface area contributed by atoms with E-state index in [1.165, 1.54) is 4.68 Å². The van der Waals surface area contributed by atoms with Crippen molar-refractivity contribution in [2.75, 3.05) is 13.1 Å². The molecule has 0 aliphatic rings. The lowest BCUT2D eigenvalue weighted by Crippen LogP contribution is -2.23. The van der Waals surface area contributed by atoms with E-state index in [-0.39, 0.29) is 6.04 Å². The third-order valence-corrected chi connectivity index (χ3v) is 2.07. The standard InChI is InChI=1S/C9H14F3N3/c1-3-13-4-7(2)15-6-8(5-14-15)9(10,11)12/h5-7,13H,3-4H2,1-2H3. The molecule has 0 aliphatic heterocycles. The zero-order chi connectivity index (χ0) is 11.5. The van der Waals surface area contributed by atoms with Crippen LogP contribution in [-0.4, -0.2) is 22.9 Å². The molecule has 0 bridgehead atoms. The highest BCUT2D eigenvalue weighted by molar-refractivity contribution is 5.08. The van der Waals surface area contributed by atoms with Crippen LogP contribution >= 0.6 is 0 Å². The topological polar surface area (TPSA) is 29.9 Å². The van der Waals surface area contributed by atoms with E-state index in [2.05, 4.69) is 10.4 Å². The predicted octanol–water partition coefficient (Wildman–Crippen LogP) is 2.07. The van der Waals surface area contributed by atoms with Crippen LogP contribution in [0.4, 0.5) is 13.2 Å². The molecule has 0 fully saturated rings. The summed E-state index contributed by atoms with van der Waals surface area (Å²) in [6, 6.07) is -0.0824. The maximum atomic E-state index is 12.2. The highest BCUT2D eigenvalue weighted by Crippen LogP contribution is 2.28. The van der Waals surface area contributed by atoms with E-state index >= 15 is 0 Å². The van der Waals surface area contributed by atoms with Gasteiger partial charge in [-0.2, -0.15) is 18.3 Å². The number of hydrogen-bond acceptors (Lipinski definition) is 2. The van der Waals surface area contributed by atoms with Crippen molar-refractivity contribution in [1.29, 1.82) is 0 Å². The minimum atomic E-state index is -4.31. The number of nitrogens with zero attached hydrogens (tertiary/aromatic N) is 2. The second-order valence-corrected chi connectivity index (χ2v) is 3.36. The number of likely N-dealkylation sites (N-methyl/N-ethyl adjacent to an activating group) is 1. The van der Waals surface area contributed by atoms with E-state index < -0.39 is 11.7 Å². The summed E-state index contributed by atoms with van der Waals surface area (Å²) >= 11 is 0. The van der Waals surface area contributed by atoms with Crippen LogP contribution in [0, 0.1) is 0 Å². The molecule has 0 saturated heterocycles. The molecule has 86 valence electrons. The van der Waals surface area contributed by atoms with E-state index in [0.29, 0.717) is 6.54 Å². The van der Waals surface area contributed by atoms with Gasteiger partial charge in [0.15, 0.2) is 0 Å². The smallest absolute Gasteiger partial charge is 0.315 e. The van der Waals surface area contributed by atoms with Crippen molar-refractivity contribution in [1.82, 2.24) is 15.1 Å². The van der Waals surface area contributed by atoms with Gasteiger partial charge in [0, 0.05) is 12.7 Å². The lowest BCUT2D eigenvalue weighted by atomic mass is 10.3. The highest BCUT2D eigenvalue weighted by Gasteiger charge is 2.32. The molecule has 0 radical (unpaired) electrons. The van der Waals surface area contributed by atoms with Gasteiger partial charge in [-0.05, 0) is 13.5 Å². The van der Waals surface area contributed by atoms with Crippen LogP contribution in [0.3, 0.4) is 0 Å². The minimum absolute atomic E-state index is 0.0824. The maximum Gasteiger partial charge on any atom is 0.419 e. The fourth-order valence-corrected chi connectivity index (χ4v) is 1.17. The van der Waals surface area contributed by atoms with Gasteiger partial charge in [0.1, 0.15) is 0 Å². The molecule has 1 aromatic heterocycles. The fourth-order valence-electron chi connectivity index (χ4n) is 1.17. The van der Waals surface area contributed by atoms with Gasteiger partial charge in [-0.3, -0.25) is 4.68 Å². The zero-order valence-electron chi connectivity index (χ0n) is 8.67. The Bertz CT molecular complexity index is 306. The summed E-state index contributed by atoms with van der Waals surface area (Å²) in [6.45, 7) is 5.15. The lowest BCUT2D eigenvalue weighted by Gasteiger charge is -2.12. The Kier molecular flexibility index (Phi) is 3.73. The number of aromatic nitrogens is 2. The van der Waals surface area contributed by atoms with Gasteiger partial charge in [-0.25, -0.2) is 0 Å². The molecule has 6 heteroatoms. The Morgan fingerprint density at radius 2 is 2.20 bits per heavy atom. The van der Waals surface area contributed by atoms with Crippen molar-refractivity contribution >= 4 is 0 Å². The molecule has 1 unspecified atom stereocenters. The summed E-state index contributed by atoms with van der Waals surface area (Å²) in [4.78, 5) is 0. The molecule has 3 nitrogen and oxygen atoms in total. The second kappa shape index (κ2) is 4.65. The summed E-state index contributed by atoms with van der Waals surface area (Å²) in [6.07, 6.45) is -2.43. The molecule has 0 spiro atoms. The minimum Gasteiger partial charge on any atom is -0.315 e. The first-order chi connectivity index (χ1) is 6.95. The molecular weight excluding hydrogens is 207 g/mol. The van der Waals surface area contributed by atoms with Crippen LogP contribution in [0.15, 0.2) is 12.4 Å². The van der Waals surface area contributed by atoms with Crippen molar-refractivity contribution in [3.05, 3.63) is 18.0 Å². The van der Waals surface area contributed by atoms with Crippen molar-refractivity contribution in [3.8, 4) is 0 Å². The fraction of sp³-hybridized carbons (Fsp3) is 0.667. The molecule has 1 N–H and O–H groups in total. The quantitative estimate of drug-likeness (QED) is 0.843. The molecular formula is C9H14F3N3. The van der Waals surface area contributed by atoms with Crippen LogP contribution < -0.4 is 5.32 Å². The lowest BCUT2D eigenvalue weighted by molar-refractivity contribution is -0.137. The number of halogens is 3. The van der Waals surface area contributed by atoms with E-state index in [0.717, 1.165) is 18.9 Å². The summed E-state index contributed by atoms with van der Waals surface area (Å²) in [5.74, 6) is 0. The Morgan fingerprint density at radius 1 is 1.53 bits per heavy atom. The van der Waals surface area contributed by atoms with E-state index in [9.17, 15) is 13.2 Å². The van der Waals surface area contributed by atoms with Gasteiger partial charge in [0.25, 0.3) is 0 Å². The van der Waals surface area contributed by atoms with Crippen molar-refractivity contribution < 1.29 is 13.2 Å². The van der Waals surface area contributed by atoms with Gasteiger partial charge in [0.2, 0.25) is 0 Å². The zero-order valence-corrected chi connectivity index (χ0v) is 8.67. The van der Waals surface area contributed by atoms with Crippen LogP contribution in [-0.2, 0) is 6.18 Å². The normalized spacial score (nSPS) is 14.2. The van der Waals surface area contributed by atoms with E-state index in [4.69, 9.17) is 0 Å². The molecule has 1 heterocycles. The number of alkyl halides is 3. The Hall–Kier alpha value is -1.04. The van der Waals surface area contributed by atoms with Gasteiger partial charge in [-0.15, -0.1) is 0 Å². The van der Waals surface area contributed by atoms with Gasteiger partial charge in [-0.1, -0.05) is 6.92 Å². The molecule has 15 heavy (non-hydrogen) atoms. The monoisotopic (exact) mass is 221 g/mol. The second-order valence-electron chi connectivity index (χ2n) is 3.36. The van der Waals surface area contributed by atoms with Gasteiger partial charge >= 0.3 is 6.18 Å². The summed E-state index contributed by atoms with van der Waals surface area (Å²) in [5.41, 5.74) is -0.703. The predicted molar refractivity (Wildman–Crippen MR) is 50.5 cm³/mol. The summed E-state index contributed by atoms with van der Waals surface area (Å²) in [7, 11) is 0. The van der Waals surface area contributed by atoms with Crippen LogP contribution in [0.1, 0.15) is 25.5 Å². The van der Waals surface area contributed by atoms with Crippen LogP contribution in [0.5, 0.6) is 0 Å². The molecule has 0 saturated carbocycles. The third-order valence-electron chi connectivity index (χ3n) is 2.07. The number of nitrogens with one attached hydrogen (secondary N) is 1. The Morgan fingerprint density at radius 3 is 2.67 bits per heavy atom. The number of rotatable bonds is 4. The molecule has 0 amide bonds. The van der Waals surface area contributed by atoms with Gasteiger partial charge < -0.3 is 5.32 Å². The molecule has 1 rings (SSSR count). The number of hydrogen-bond donors (Lipinski definition) is 1. The van der Waals surface area contributed by atoms with Crippen molar-refractivity contribution in [2.45, 2.75) is 26.1 Å². The average molecular weight is 221 g/mol.